The van der Waals surface area contributed by atoms with Crippen molar-refractivity contribution >= 4 is 16.5 Å². The molecule has 0 unspecified atom stereocenters. The highest BCUT2D eigenvalue weighted by atomic mass is 16.5. The molecule has 0 spiro atoms. The summed E-state index contributed by atoms with van der Waals surface area (Å²) in [5, 5.41) is 1.19. The number of pyridine rings is 1. The van der Waals surface area contributed by atoms with Gasteiger partial charge >= 0.3 is 0 Å². The van der Waals surface area contributed by atoms with Gasteiger partial charge in [-0.1, -0.05) is 12.6 Å². The molecule has 0 aliphatic rings. The second kappa shape index (κ2) is 5.56. The molecule has 3 rings (SSSR count). The van der Waals surface area contributed by atoms with Crippen molar-refractivity contribution in [3.8, 4) is 11.8 Å². The van der Waals surface area contributed by atoms with E-state index in [9.17, 15) is 0 Å². The van der Waals surface area contributed by atoms with Gasteiger partial charge in [0.2, 0.25) is 11.8 Å². The van der Waals surface area contributed by atoms with Crippen molar-refractivity contribution in [3.05, 3.63) is 60.3 Å². The van der Waals surface area contributed by atoms with Gasteiger partial charge in [-0.2, -0.15) is 4.98 Å². The number of rotatable bonds is 4. The summed E-state index contributed by atoms with van der Waals surface area (Å²) in [6.07, 6.45) is 2.05. The van der Waals surface area contributed by atoms with Gasteiger partial charge in [-0.25, -0.2) is 0 Å². The van der Waals surface area contributed by atoms with Gasteiger partial charge in [0.05, 0.1) is 14.2 Å². The van der Waals surface area contributed by atoms with Crippen LogP contribution in [0.1, 0.15) is 11.1 Å². The van der Waals surface area contributed by atoms with Gasteiger partial charge in [0.1, 0.15) is 0 Å². The van der Waals surface area contributed by atoms with Crippen molar-refractivity contribution in [1.29, 1.82) is 0 Å². The van der Waals surface area contributed by atoms with Gasteiger partial charge in [-0.15, -0.1) is 0 Å². The Kier molecular flexibility index (Phi) is 3.59. The number of aryl methyl sites for hydroxylation is 1. The molecule has 0 amide bonds. The number of hydrogen-bond acceptors (Lipinski definition) is 3. The highest BCUT2D eigenvalue weighted by molar-refractivity contribution is 5.87. The van der Waals surface area contributed by atoms with Crippen LogP contribution in [0.5, 0.6) is 11.8 Å². The summed E-state index contributed by atoms with van der Waals surface area (Å²) < 4.78 is 12.5. The number of nitrogens with zero attached hydrogens (tertiary/aromatic N) is 2. The molecule has 22 heavy (non-hydrogen) atoms. The first kappa shape index (κ1) is 14.2. The summed E-state index contributed by atoms with van der Waals surface area (Å²) in [7, 11) is 5.21. The molecule has 4 nitrogen and oxygen atoms in total. The minimum atomic E-state index is 0.510. The van der Waals surface area contributed by atoms with Crippen LogP contribution in [-0.4, -0.2) is 23.8 Å². The van der Waals surface area contributed by atoms with E-state index >= 15 is 0 Å². The van der Waals surface area contributed by atoms with Crippen LogP contribution in [0.15, 0.2) is 49.2 Å². The van der Waals surface area contributed by atoms with E-state index in [1.165, 1.54) is 10.9 Å². The van der Waals surface area contributed by atoms with Gasteiger partial charge in [0.25, 0.3) is 0 Å². The lowest BCUT2D eigenvalue weighted by Gasteiger charge is -2.10. The van der Waals surface area contributed by atoms with E-state index in [-0.39, 0.29) is 0 Å². The largest absolute Gasteiger partial charge is 0.481 e. The average Bonchev–Trinajstić information content (AvgIpc) is 2.94. The predicted molar refractivity (Wildman–Crippen MR) is 88.4 cm³/mol. The third kappa shape index (κ3) is 2.44. The zero-order valence-electron chi connectivity index (χ0n) is 13.0. The van der Waals surface area contributed by atoms with Crippen LogP contribution in [0.25, 0.3) is 16.5 Å². The van der Waals surface area contributed by atoms with E-state index in [1.807, 2.05) is 19.2 Å². The van der Waals surface area contributed by atoms with Gasteiger partial charge in [0.15, 0.2) is 0 Å². The quantitative estimate of drug-likeness (QED) is 0.737. The molecule has 0 fully saturated rings. The molecular formula is C18H18N2O2. The lowest BCUT2D eigenvalue weighted by atomic mass is 9.99. The number of aromatic nitrogens is 2. The topological polar surface area (TPSA) is 36.3 Å². The molecule has 0 bridgehead atoms. The molecule has 3 aromatic rings. The van der Waals surface area contributed by atoms with Gasteiger partial charge < -0.3 is 14.0 Å². The van der Waals surface area contributed by atoms with Gasteiger partial charge in [-0.05, 0) is 34.9 Å². The molecule has 2 heterocycles. The monoisotopic (exact) mass is 294 g/mol. The van der Waals surface area contributed by atoms with Crippen molar-refractivity contribution in [2.24, 2.45) is 7.05 Å². The molecular weight excluding hydrogens is 276 g/mol. The van der Waals surface area contributed by atoms with Crippen LogP contribution in [0, 0.1) is 0 Å². The molecule has 4 heteroatoms. The maximum absolute atomic E-state index is 5.22. The smallest absolute Gasteiger partial charge is 0.216 e. The third-order valence-corrected chi connectivity index (χ3v) is 3.78. The predicted octanol–water partition coefficient (Wildman–Crippen LogP) is 3.65. The fourth-order valence-electron chi connectivity index (χ4n) is 2.50. The van der Waals surface area contributed by atoms with E-state index < -0.39 is 0 Å². The fraction of sp³-hybridized carbons (Fsp3) is 0.167. The van der Waals surface area contributed by atoms with Crippen LogP contribution in [0.2, 0.25) is 0 Å². The Morgan fingerprint density at radius 1 is 1.00 bits per heavy atom. The van der Waals surface area contributed by atoms with Crippen LogP contribution in [-0.2, 0) is 7.05 Å². The summed E-state index contributed by atoms with van der Waals surface area (Å²) in [5.74, 6) is 1.02. The Morgan fingerprint density at radius 2 is 1.68 bits per heavy atom. The van der Waals surface area contributed by atoms with E-state index in [2.05, 4.69) is 46.6 Å². The molecule has 0 saturated carbocycles. The maximum Gasteiger partial charge on any atom is 0.216 e. The summed E-state index contributed by atoms with van der Waals surface area (Å²) in [5.41, 5.74) is 4.10. The molecule has 112 valence electrons. The Labute approximate surface area is 129 Å². The van der Waals surface area contributed by atoms with Crippen LogP contribution < -0.4 is 9.47 Å². The van der Waals surface area contributed by atoms with Crippen molar-refractivity contribution in [1.82, 2.24) is 9.55 Å². The molecule has 0 N–H and O–H groups in total. The van der Waals surface area contributed by atoms with Crippen LogP contribution in [0.3, 0.4) is 0 Å². The van der Waals surface area contributed by atoms with E-state index in [0.29, 0.717) is 11.8 Å². The number of ether oxygens (including phenoxy) is 2. The lowest BCUT2D eigenvalue weighted by Crippen LogP contribution is -1.95. The normalized spacial score (nSPS) is 10.7. The summed E-state index contributed by atoms with van der Waals surface area (Å²) >= 11 is 0. The molecule has 0 saturated heterocycles. The molecule has 0 radical (unpaired) electrons. The van der Waals surface area contributed by atoms with Gasteiger partial charge in [0, 0.05) is 36.3 Å². The SMILES string of the molecule is C=C(c1cc(OC)nc(OC)c1)c1ccc2c(ccn2C)c1. The second-order valence-corrected chi connectivity index (χ2v) is 5.12. The number of methoxy groups -OCH3 is 2. The maximum atomic E-state index is 5.22. The molecule has 0 aliphatic carbocycles. The highest BCUT2D eigenvalue weighted by Crippen LogP contribution is 2.29. The standard InChI is InChI=1S/C18H18N2O2/c1-12(15-10-17(21-3)19-18(11-15)22-4)13-5-6-16-14(9-13)7-8-20(16)2/h5-11H,1H2,2-4H3. The number of hydrogen-bond donors (Lipinski definition) is 0. The third-order valence-electron chi connectivity index (χ3n) is 3.78. The lowest BCUT2D eigenvalue weighted by molar-refractivity contribution is 0.364. The molecule has 0 aliphatic heterocycles. The molecule has 1 aromatic carbocycles. The fourth-order valence-corrected chi connectivity index (χ4v) is 2.50. The van der Waals surface area contributed by atoms with E-state index in [4.69, 9.17) is 9.47 Å². The minimum Gasteiger partial charge on any atom is -0.481 e. The minimum absolute atomic E-state index is 0.510. The zero-order valence-corrected chi connectivity index (χ0v) is 13.0. The van der Waals surface area contributed by atoms with E-state index in [0.717, 1.165) is 16.7 Å². The highest BCUT2D eigenvalue weighted by Gasteiger charge is 2.09. The van der Waals surface area contributed by atoms with Gasteiger partial charge in [-0.3, -0.25) is 0 Å². The van der Waals surface area contributed by atoms with Crippen LogP contribution >= 0.6 is 0 Å². The summed E-state index contributed by atoms with van der Waals surface area (Å²) in [6, 6.07) is 12.1. The Morgan fingerprint density at radius 3 is 2.32 bits per heavy atom. The van der Waals surface area contributed by atoms with Crippen molar-refractivity contribution in [3.63, 3.8) is 0 Å². The van der Waals surface area contributed by atoms with Crippen molar-refractivity contribution in [2.75, 3.05) is 14.2 Å². The average molecular weight is 294 g/mol. The van der Waals surface area contributed by atoms with E-state index in [1.54, 1.807) is 14.2 Å². The Bertz CT molecular complexity index is 827. The van der Waals surface area contributed by atoms with Crippen molar-refractivity contribution < 1.29 is 9.47 Å². The zero-order chi connectivity index (χ0) is 15.7. The number of fused-ring (bicyclic) bond motifs is 1. The Hall–Kier alpha value is -2.75. The Balaban J connectivity index is 2.04. The first-order chi connectivity index (χ1) is 10.6. The second-order valence-electron chi connectivity index (χ2n) is 5.12. The van der Waals surface area contributed by atoms with Crippen LogP contribution in [0.4, 0.5) is 0 Å². The van der Waals surface area contributed by atoms with Crippen molar-refractivity contribution in [2.45, 2.75) is 0 Å². The summed E-state index contributed by atoms with van der Waals surface area (Å²) in [4.78, 5) is 4.21. The molecule has 2 aromatic heterocycles. The number of benzene rings is 1. The summed E-state index contributed by atoms with van der Waals surface area (Å²) in [6.45, 7) is 4.21. The first-order valence-corrected chi connectivity index (χ1v) is 6.97. The first-order valence-electron chi connectivity index (χ1n) is 6.97. The molecule has 0 atom stereocenters.